The Morgan fingerprint density at radius 1 is 1.40 bits per heavy atom. The third kappa shape index (κ3) is 3.85. The average molecular weight is 317 g/mol. The number of benzene rings is 1. The lowest BCUT2D eigenvalue weighted by atomic mass is 10.1. The van der Waals surface area contributed by atoms with E-state index in [4.69, 9.17) is 27.9 Å². The number of morpholine rings is 1. The second kappa shape index (κ2) is 6.76. The summed E-state index contributed by atoms with van der Waals surface area (Å²) >= 11 is 12.0. The van der Waals surface area contributed by atoms with Crippen LogP contribution in [-0.4, -0.2) is 56.0 Å². The number of hydrogen-bond donors (Lipinski definition) is 0. The first-order valence-corrected chi connectivity index (χ1v) is 7.22. The molecule has 0 bridgehead atoms. The smallest absolute Gasteiger partial charge is 0.236 e. The maximum absolute atomic E-state index is 11.8. The number of halogens is 2. The number of carbonyl (C=O) groups excluding carboxylic acids is 1. The van der Waals surface area contributed by atoms with Crippen molar-refractivity contribution in [3.63, 3.8) is 0 Å². The second-order valence-electron chi connectivity index (χ2n) is 5.06. The molecule has 0 unspecified atom stereocenters. The summed E-state index contributed by atoms with van der Waals surface area (Å²) in [5.41, 5.74) is 0.987. The van der Waals surface area contributed by atoms with Crippen molar-refractivity contribution in [2.45, 2.75) is 6.10 Å². The van der Waals surface area contributed by atoms with Crippen LogP contribution in [0.25, 0.3) is 0 Å². The van der Waals surface area contributed by atoms with Gasteiger partial charge in [-0.2, -0.15) is 0 Å². The fraction of sp³-hybridized carbons (Fsp3) is 0.500. The van der Waals surface area contributed by atoms with Gasteiger partial charge in [-0.3, -0.25) is 9.69 Å². The monoisotopic (exact) mass is 316 g/mol. The molecule has 1 aliphatic heterocycles. The number of ether oxygens (including phenoxy) is 1. The molecule has 4 nitrogen and oxygen atoms in total. The molecule has 1 aromatic carbocycles. The maximum Gasteiger partial charge on any atom is 0.236 e. The van der Waals surface area contributed by atoms with E-state index in [1.165, 1.54) is 0 Å². The highest BCUT2D eigenvalue weighted by molar-refractivity contribution is 6.42. The number of carbonyl (C=O) groups is 1. The van der Waals surface area contributed by atoms with Crippen LogP contribution in [-0.2, 0) is 9.53 Å². The van der Waals surface area contributed by atoms with Crippen molar-refractivity contribution < 1.29 is 9.53 Å². The molecule has 20 heavy (non-hydrogen) atoms. The van der Waals surface area contributed by atoms with Crippen molar-refractivity contribution in [2.75, 3.05) is 40.3 Å². The Morgan fingerprint density at radius 2 is 2.15 bits per heavy atom. The molecular weight excluding hydrogens is 299 g/mol. The summed E-state index contributed by atoms with van der Waals surface area (Å²) < 4.78 is 5.76. The lowest BCUT2D eigenvalue weighted by molar-refractivity contribution is -0.132. The minimum Gasteiger partial charge on any atom is -0.371 e. The van der Waals surface area contributed by atoms with Crippen LogP contribution >= 0.6 is 23.2 Å². The van der Waals surface area contributed by atoms with Gasteiger partial charge in [-0.1, -0.05) is 29.3 Å². The Bertz CT molecular complexity index is 494. The molecule has 6 heteroatoms. The Morgan fingerprint density at radius 3 is 2.80 bits per heavy atom. The van der Waals surface area contributed by atoms with E-state index in [-0.39, 0.29) is 12.0 Å². The third-order valence-electron chi connectivity index (χ3n) is 3.32. The van der Waals surface area contributed by atoms with Crippen molar-refractivity contribution in [3.05, 3.63) is 33.8 Å². The lowest BCUT2D eigenvalue weighted by Crippen LogP contribution is -2.43. The van der Waals surface area contributed by atoms with E-state index in [0.29, 0.717) is 29.7 Å². The van der Waals surface area contributed by atoms with Crippen molar-refractivity contribution in [3.8, 4) is 0 Å². The molecular formula is C14H18Cl2N2O2. The summed E-state index contributed by atoms with van der Waals surface area (Å²) in [6, 6.07) is 5.51. The summed E-state index contributed by atoms with van der Waals surface area (Å²) in [4.78, 5) is 15.5. The fourth-order valence-corrected chi connectivity index (χ4v) is 2.40. The summed E-state index contributed by atoms with van der Waals surface area (Å²) in [6.45, 7) is 2.45. The third-order valence-corrected chi connectivity index (χ3v) is 4.06. The second-order valence-corrected chi connectivity index (χ2v) is 5.87. The fourth-order valence-electron chi connectivity index (χ4n) is 2.09. The van der Waals surface area contributed by atoms with E-state index in [2.05, 4.69) is 4.90 Å². The normalized spacial score (nSPS) is 19.9. The number of hydrogen-bond acceptors (Lipinski definition) is 3. The van der Waals surface area contributed by atoms with E-state index in [0.717, 1.165) is 12.1 Å². The molecule has 0 N–H and O–H groups in total. The Hall–Kier alpha value is -0.810. The SMILES string of the molecule is CN(C)C(=O)CN1CCO[C@@H](c2ccc(Cl)c(Cl)c2)C1. The van der Waals surface area contributed by atoms with Crippen molar-refractivity contribution in [1.29, 1.82) is 0 Å². The van der Waals surface area contributed by atoms with Crippen LogP contribution in [0.3, 0.4) is 0 Å². The largest absolute Gasteiger partial charge is 0.371 e. The molecule has 0 aliphatic carbocycles. The first-order valence-electron chi connectivity index (χ1n) is 6.46. The van der Waals surface area contributed by atoms with Crippen LogP contribution in [0.4, 0.5) is 0 Å². The Kier molecular flexibility index (Phi) is 5.27. The first kappa shape index (κ1) is 15.6. The molecule has 0 aromatic heterocycles. The standard InChI is InChI=1S/C14H18Cl2N2O2/c1-17(2)14(19)9-18-5-6-20-13(8-18)10-3-4-11(15)12(16)7-10/h3-4,7,13H,5-6,8-9H2,1-2H3/t13-/m1/s1. The molecule has 1 heterocycles. The summed E-state index contributed by atoms with van der Waals surface area (Å²) in [5.74, 6) is 0.0970. The molecule has 1 atom stereocenters. The summed E-state index contributed by atoms with van der Waals surface area (Å²) in [6.07, 6.45) is -0.0755. The van der Waals surface area contributed by atoms with Gasteiger partial charge in [0.15, 0.2) is 0 Å². The Balaban J connectivity index is 2.02. The Labute approximate surface area is 129 Å². The summed E-state index contributed by atoms with van der Waals surface area (Å²) in [7, 11) is 3.53. The van der Waals surface area contributed by atoms with Gasteiger partial charge in [-0.15, -0.1) is 0 Å². The number of likely N-dealkylation sites (N-methyl/N-ethyl adjacent to an activating group) is 1. The highest BCUT2D eigenvalue weighted by atomic mass is 35.5. The molecule has 1 aliphatic rings. The van der Waals surface area contributed by atoms with E-state index in [9.17, 15) is 4.79 Å². The van der Waals surface area contributed by atoms with Crippen molar-refractivity contribution in [2.24, 2.45) is 0 Å². The molecule has 1 aromatic rings. The van der Waals surface area contributed by atoms with Gasteiger partial charge in [0.25, 0.3) is 0 Å². The highest BCUT2D eigenvalue weighted by Crippen LogP contribution is 2.28. The van der Waals surface area contributed by atoms with E-state index < -0.39 is 0 Å². The van der Waals surface area contributed by atoms with Crippen molar-refractivity contribution in [1.82, 2.24) is 9.80 Å². The maximum atomic E-state index is 11.8. The molecule has 0 radical (unpaired) electrons. The van der Waals surface area contributed by atoms with E-state index in [1.54, 1.807) is 25.1 Å². The predicted molar refractivity (Wildman–Crippen MR) is 80.3 cm³/mol. The topological polar surface area (TPSA) is 32.8 Å². The van der Waals surface area contributed by atoms with Gasteiger partial charge in [-0.05, 0) is 17.7 Å². The van der Waals surface area contributed by atoms with Gasteiger partial charge in [0.2, 0.25) is 5.91 Å². The van der Waals surface area contributed by atoms with Crippen LogP contribution in [0.5, 0.6) is 0 Å². The molecule has 1 saturated heterocycles. The summed E-state index contributed by atoms with van der Waals surface area (Å²) in [5, 5.41) is 1.06. The molecule has 1 fully saturated rings. The molecule has 110 valence electrons. The number of rotatable bonds is 3. The zero-order valence-corrected chi connectivity index (χ0v) is 13.1. The van der Waals surface area contributed by atoms with E-state index >= 15 is 0 Å². The highest BCUT2D eigenvalue weighted by Gasteiger charge is 2.24. The van der Waals surface area contributed by atoms with Gasteiger partial charge in [0.1, 0.15) is 0 Å². The van der Waals surface area contributed by atoms with Crippen molar-refractivity contribution >= 4 is 29.1 Å². The van der Waals surface area contributed by atoms with Gasteiger partial charge < -0.3 is 9.64 Å². The lowest BCUT2D eigenvalue weighted by Gasteiger charge is -2.33. The van der Waals surface area contributed by atoms with Gasteiger partial charge in [0.05, 0.1) is 29.3 Å². The van der Waals surface area contributed by atoms with Crippen LogP contribution < -0.4 is 0 Å². The quantitative estimate of drug-likeness (QED) is 0.858. The van der Waals surface area contributed by atoms with Crippen LogP contribution in [0.15, 0.2) is 18.2 Å². The van der Waals surface area contributed by atoms with Gasteiger partial charge in [-0.25, -0.2) is 0 Å². The van der Waals surface area contributed by atoms with E-state index in [1.807, 2.05) is 12.1 Å². The minimum atomic E-state index is -0.0755. The zero-order chi connectivity index (χ0) is 14.7. The zero-order valence-electron chi connectivity index (χ0n) is 11.6. The first-order chi connectivity index (χ1) is 9.47. The molecule has 0 spiro atoms. The molecule has 1 amide bonds. The van der Waals surface area contributed by atoms with Crippen LogP contribution in [0, 0.1) is 0 Å². The van der Waals surface area contributed by atoms with Crippen LogP contribution in [0.1, 0.15) is 11.7 Å². The number of nitrogens with zero attached hydrogens (tertiary/aromatic N) is 2. The van der Waals surface area contributed by atoms with Gasteiger partial charge >= 0.3 is 0 Å². The predicted octanol–water partition coefficient (Wildman–Crippen LogP) is 2.45. The molecule has 0 saturated carbocycles. The van der Waals surface area contributed by atoms with Gasteiger partial charge in [0, 0.05) is 27.2 Å². The minimum absolute atomic E-state index is 0.0755. The number of amides is 1. The van der Waals surface area contributed by atoms with Crippen LogP contribution in [0.2, 0.25) is 10.0 Å². The average Bonchev–Trinajstić information content (AvgIpc) is 2.42. The molecule has 2 rings (SSSR count).